The van der Waals surface area contributed by atoms with Gasteiger partial charge in [0.1, 0.15) is 0 Å². The van der Waals surface area contributed by atoms with E-state index in [1.807, 2.05) is 0 Å². The van der Waals surface area contributed by atoms with E-state index in [1.54, 1.807) is 0 Å². The third-order valence-electron chi connectivity index (χ3n) is 2.93. The summed E-state index contributed by atoms with van der Waals surface area (Å²) in [7, 11) is 0. The van der Waals surface area contributed by atoms with Crippen molar-refractivity contribution in [1.82, 2.24) is 16.0 Å². The van der Waals surface area contributed by atoms with Gasteiger partial charge in [-0.2, -0.15) is 0 Å². The van der Waals surface area contributed by atoms with E-state index in [2.05, 4.69) is 22.9 Å². The van der Waals surface area contributed by atoms with Gasteiger partial charge in [-0.15, -0.1) is 0 Å². The molecule has 4 N–H and O–H groups in total. The fourth-order valence-electron chi connectivity index (χ4n) is 1.79. The summed E-state index contributed by atoms with van der Waals surface area (Å²) < 4.78 is 0. The lowest BCUT2D eigenvalue weighted by molar-refractivity contribution is -0.137. The van der Waals surface area contributed by atoms with Crippen LogP contribution in [0.15, 0.2) is 0 Å². The van der Waals surface area contributed by atoms with Crippen LogP contribution >= 0.6 is 0 Å². The Labute approximate surface area is 101 Å². The quantitative estimate of drug-likeness (QED) is 0.444. The topological polar surface area (TPSA) is 90.5 Å². The number of carboxylic acids is 1. The van der Waals surface area contributed by atoms with Gasteiger partial charge in [0.15, 0.2) is 0 Å². The molecule has 0 aromatic rings. The molecule has 1 saturated heterocycles. The average molecular weight is 243 g/mol. The highest BCUT2D eigenvalue weighted by molar-refractivity contribution is 5.78. The zero-order chi connectivity index (χ0) is 12.7. The number of hydrogen-bond donors (Lipinski definition) is 4. The lowest BCUT2D eigenvalue weighted by atomic mass is 10.0. The molecular weight excluding hydrogens is 222 g/mol. The van der Waals surface area contributed by atoms with Crippen LogP contribution in [-0.4, -0.2) is 48.7 Å². The number of amides is 1. The minimum Gasteiger partial charge on any atom is -0.481 e. The largest absolute Gasteiger partial charge is 0.481 e. The minimum atomic E-state index is -0.832. The highest BCUT2D eigenvalue weighted by Crippen LogP contribution is 2.12. The number of carboxylic acid groups (broad SMARTS) is 1. The summed E-state index contributed by atoms with van der Waals surface area (Å²) in [5.41, 5.74) is -0.00158. The summed E-state index contributed by atoms with van der Waals surface area (Å²) in [4.78, 5) is 21.7. The molecule has 1 amide bonds. The Bertz CT molecular complexity index is 275. The van der Waals surface area contributed by atoms with Crippen LogP contribution in [0.2, 0.25) is 0 Å². The second-order valence-corrected chi connectivity index (χ2v) is 4.69. The molecule has 1 unspecified atom stereocenters. The first kappa shape index (κ1) is 13.9. The molecule has 0 saturated carbocycles. The predicted molar refractivity (Wildman–Crippen MR) is 63.8 cm³/mol. The summed E-state index contributed by atoms with van der Waals surface area (Å²) in [5, 5.41) is 17.6. The first-order valence-corrected chi connectivity index (χ1v) is 5.96. The monoisotopic (exact) mass is 243 g/mol. The summed E-state index contributed by atoms with van der Waals surface area (Å²) >= 11 is 0. The molecule has 1 rings (SSSR count). The van der Waals surface area contributed by atoms with Gasteiger partial charge in [-0.1, -0.05) is 0 Å². The number of hydrogen-bond acceptors (Lipinski definition) is 4. The molecule has 0 aromatic carbocycles. The second kappa shape index (κ2) is 6.56. The van der Waals surface area contributed by atoms with E-state index in [9.17, 15) is 9.59 Å². The number of carbonyl (C=O) groups excluding carboxylic acids is 1. The van der Waals surface area contributed by atoms with E-state index in [0.29, 0.717) is 13.0 Å². The highest BCUT2D eigenvalue weighted by Gasteiger charge is 2.27. The van der Waals surface area contributed by atoms with Crippen molar-refractivity contribution >= 4 is 11.9 Å². The van der Waals surface area contributed by atoms with Gasteiger partial charge < -0.3 is 21.1 Å². The normalized spacial score (nSPS) is 23.6. The first-order chi connectivity index (χ1) is 8.02. The molecule has 1 atom stereocenters. The maximum Gasteiger partial charge on any atom is 0.303 e. The molecule has 1 aliphatic heterocycles. The SMILES string of the molecule is CC1(NCC(=O)NCCCC(=O)O)CCNC1. The molecule has 0 aliphatic carbocycles. The lowest BCUT2D eigenvalue weighted by Crippen LogP contribution is -2.48. The van der Waals surface area contributed by atoms with Crippen LogP contribution in [0.4, 0.5) is 0 Å². The minimum absolute atomic E-state index is 0.00158. The molecule has 0 bridgehead atoms. The predicted octanol–water partition coefficient (Wildman–Crippen LogP) is -0.691. The third-order valence-corrected chi connectivity index (χ3v) is 2.93. The number of rotatable bonds is 7. The Morgan fingerprint density at radius 2 is 2.24 bits per heavy atom. The maximum absolute atomic E-state index is 11.4. The summed E-state index contributed by atoms with van der Waals surface area (Å²) in [5.74, 6) is -0.912. The Hall–Kier alpha value is -1.14. The van der Waals surface area contributed by atoms with Gasteiger partial charge in [0.05, 0.1) is 6.54 Å². The Morgan fingerprint density at radius 1 is 1.47 bits per heavy atom. The zero-order valence-corrected chi connectivity index (χ0v) is 10.2. The van der Waals surface area contributed by atoms with Crippen LogP contribution in [-0.2, 0) is 9.59 Å². The molecule has 0 aromatic heterocycles. The summed E-state index contributed by atoms with van der Waals surface area (Å²) in [6.45, 7) is 4.64. The average Bonchev–Trinajstić information content (AvgIpc) is 2.69. The molecule has 1 heterocycles. The molecule has 6 heteroatoms. The second-order valence-electron chi connectivity index (χ2n) is 4.69. The van der Waals surface area contributed by atoms with Gasteiger partial charge in [-0.05, 0) is 26.3 Å². The fourth-order valence-corrected chi connectivity index (χ4v) is 1.79. The lowest BCUT2D eigenvalue weighted by Gasteiger charge is -2.24. The number of aliphatic carboxylic acids is 1. The molecule has 1 fully saturated rings. The number of carbonyl (C=O) groups is 2. The maximum atomic E-state index is 11.4. The molecule has 0 spiro atoms. The van der Waals surface area contributed by atoms with Crippen LogP contribution in [0, 0.1) is 0 Å². The van der Waals surface area contributed by atoms with Crippen molar-refractivity contribution in [2.24, 2.45) is 0 Å². The molecule has 1 aliphatic rings. The number of nitrogens with one attached hydrogen (secondary N) is 3. The van der Waals surface area contributed by atoms with Gasteiger partial charge >= 0.3 is 5.97 Å². The Balaban J connectivity index is 2.06. The van der Waals surface area contributed by atoms with Crippen LogP contribution in [0.5, 0.6) is 0 Å². The van der Waals surface area contributed by atoms with Crippen LogP contribution in [0.3, 0.4) is 0 Å². The summed E-state index contributed by atoms with van der Waals surface area (Å²) in [6.07, 6.45) is 1.58. The Morgan fingerprint density at radius 3 is 2.82 bits per heavy atom. The van der Waals surface area contributed by atoms with Crippen molar-refractivity contribution in [3.63, 3.8) is 0 Å². The van der Waals surface area contributed by atoms with Crippen LogP contribution in [0.1, 0.15) is 26.2 Å². The van der Waals surface area contributed by atoms with Crippen molar-refractivity contribution in [3.8, 4) is 0 Å². The van der Waals surface area contributed by atoms with Crippen molar-refractivity contribution in [3.05, 3.63) is 0 Å². The van der Waals surface area contributed by atoms with E-state index >= 15 is 0 Å². The fraction of sp³-hybridized carbons (Fsp3) is 0.818. The molecular formula is C11H21N3O3. The van der Waals surface area contributed by atoms with Gasteiger partial charge in [-0.3, -0.25) is 9.59 Å². The molecule has 17 heavy (non-hydrogen) atoms. The third kappa shape index (κ3) is 5.65. The first-order valence-electron chi connectivity index (χ1n) is 5.96. The van der Waals surface area contributed by atoms with E-state index in [0.717, 1.165) is 19.5 Å². The van der Waals surface area contributed by atoms with E-state index in [4.69, 9.17) is 5.11 Å². The highest BCUT2D eigenvalue weighted by atomic mass is 16.4. The van der Waals surface area contributed by atoms with E-state index < -0.39 is 5.97 Å². The van der Waals surface area contributed by atoms with Crippen LogP contribution in [0.25, 0.3) is 0 Å². The van der Waals surface area contributed by atoms with Gasteiger partial charge in [0, 0.05) is 25.0 Å². The van der Waals surface area contributed by atoms with E-state index in [1.165, 1.54) is 0 Å². The molecule has 98 valence electrons. The Kier molecular flexibility index (Phi) is 5.37. The van der Waals surface area contributed by atoms with Gasteiger partial charge in [0.2, 0.25) is 5.91 Å². The molecule has 0 radical (unpaired) electrons. The summed E-state index contributed by atoms with van der Waals surface area (Å²) in [6, 6.07) is 0. The van der Waals surface area contributed by atoms with Crippen molar-refractivity contribution < 1.29 is 14.7 Å². The molecule has 6 nitrogen and oxygen atoms in total. The standard InChI is InChI=1S/C11H21N3O3/c1-11(4-6-12-8-11)14-7-9(15)13-5-2-3-10(16)17/h12,14H,2-8H2,1H3,(H,13,15)(H,16,17). The van der Waals surface area contributed by atoms with Gasteiger partial charge in [0.25, 0.3) is 0 Å². The van der Waals surface area contributed by atoms with E-state index in [-0.39, 0.29) is 24.4 Å². The van der Waals surface area contributed by atoms with Crippen molar-refractivity contribution in [1.29, 1.82) is 0 Å². The smallest absolute Gasteiger partial charge is 0.303 e. The van der Waals surface area contributed by atoms with Crippen molar-refractivity contribution in [2.45, 2.75) is 31.7 Å². The van der Waals surface area contributed by atoms with Gasteiger partial charge in [-0.25, -0.2) is 0 Å². The van der Waals surface area contributed by atoms with Crippen LogP contribution < -0.4 is 16.0 Å². The zero-order valence-electron chi connectivity index (χ0n) is 10.2. The van der Waals surface area contributed by atoms with Crippen molar-refractivity contribution in [2.75, 3.05) is 26.2 Å².